The fraction of sp³-hybridized carbons (Fsp3) is 0.250. The predicted molar refractivity (Wildman–Crippen MR) is 43.5 cm³/mol. The van der Waals surface area contributed by atoms with E-state index in [0.717, 1.165) is 0 Å². The predicted octanol–water partition coefficient (Wildman–Crippen LogP) is -2.68. The maximum atomic E-state index is 10.4. The quantitative estimate of drug-likeness (QED) is 0.153. The Morgan fingerprint density at radius 1 is 1.27 bits per heavy atom. The summed E-state index contributed by atoms with van der Waals surface area (Å²) in [6.07, 6.45) is 0. The van der Waals surface area contributed by atoms with E-state index in [4.69, 9.17) is 15.4 Å². The molecule has 0 fully saturated rings. The molecule has 15 heavy (non-hydrogen) atoms. The van der Waals surface area contributed by atoms with Crippen LogP contribution < -0.4 is 22.9 Å². The Hall–Kier alpha value is -2.11. The molecule has 1 atom stereocenters. The molecule has 0 saturated carbocycles. The molecule has 11 heteroatoms. The number of urea groups is 2. The molecule has 0 radical (unpaired) electrons. The number of hydrogen-bond donors (Lipinski definition) is 7. The zero-order chi connectivity index (χ0) is 11.5. The van der Waals surface area contributed by atoms with Gasteiger partial charge in [0.15, 0.2) is 0 Å². The molecule has 11 N–H and O–H groups in total. The number of carboxylic acids is 1. The van der Waals surface area contributed by atoms with Gasteiger partial charge in [0.2, 0.25) is 0 Å². The number of rotatable bonds is 3. The van der Waals surface area contributed by atoms with Crippen LogP contribution in [0.5, 0.6) is 0 Å². The first-order chi connectivity index (χ1) is 6.21. The summed E-state index contributed by atoms with van der Waals surface area (Å²) < 4.78 is 0. The van der Waals surface area contributed by atoms with Crippen molar-refractivity contribution in [2.24, 2.45) is 11.5 Å². The lowest BCUT2D eigenvalue weighted by molar-refractivity contribution is -0.240. The Morgan fingerprint density at radius 3 is 1.87 bits per heavy atom. The van der Waals surface area contributed by atoms with Gasteiger partial charge in [0.05, 0.1) is 0 Å². The highest BCUT2D eigenvalue weighted by atomic mass is 16.6. The second kappa shape index (κ2) is 4.94. The molecular weight excluding hydrogens is 214 g/mol. The number of nitrogens with zero attached hydrogens (tertiary/aromatic N) is 1. The number of hydroxylamine groups is 2. The van der Waals surface area contributed by atoms with E-state index >= 15 is 0 Å². The van der Waals surface area contributed by atoms with E-state index in [0.29, 0.717) is 0 Å². The molecule has 0 rings (SSSR count). The van der Waals surface area contributed by atoms with Gasteiger partial charge in [-0.15, -0.1) is 5.06 Å². The molecule has 0 spiro atoms. The monoisotopic (exact) mass is 225 g/mol. The average Bonchev–Trinajstić information content (AvgIpc) is 2.00. The van der Waals surface area contributed by atoms with Crippen LogP contribution in [0.4, 0.5) is 9.59 Å². The van der Waals surface area contributed by atoms with Gasteiger partial charge >= 0.3 is 23.9 Å². The van der Waals surface area contributed by atoms with Crippen LogP contribution in [0.2, 0.25) is 0 Å². The zero-order valence-electron chi connectivity index (χ0n) is 7.38. The molecule has 0 aliphatic heterocycles. The van der Waals surface area contributed by atoms with E-state index in [-0.39, 0.29) is 6.15 Å². The minimum Gasteiger partial charge on any atom is -0.476 e. The van der Waals surface area contributed by atoms with Gasteiger partial charge < -0.3 is 27.8 Å². The van der Waals surface area contributed by atoms with E-state index in [1.54, 1.807) is 0 Å². The summed E-state index contributed by atoms with van der Waals surface area (Å²) in [5, 5.41) is 26.6. The fourth-order valence-corrected chi connectivity index (χ4v) is 0.528. The van der Waals surface area contributed by atoms with Crippen LogP contribution >= 0.6 is 0 Å². The van der Waals surface area contributed by atoms with Crippen LogP contribution in [-0.2, 0) is 4.79 Å². The normalized spacial score (nSPS) is 12.9. The van der Waals surface area contributed by atoms with Gasteiger partial charge in [-0.25, -0.2) is 14.4 Å². The van der Waals surface area contributed by atoms with E-state index in [1.165, 1.54) is 5.32 Å². The smallest absolute Gasteiger partial charge is 0.383 e. The molecular formula is C4H11N5O6. The van der Waals surface area contributed by atoms with Gasteiger partial charge in [0.1, 0.15) is 0 Å². The number of aliphatic carboxylic acids is 1. The van der Waals surface area contributed by atoms with Crippen LogP contribution in [0.3, 0.4) is 0 Å². The molecule has 0 saturated heterocycles. The third-order valence-electron chi connectivity index (χ3n) is 1.11. The Balaban J connectivity index is 0. The highest BCUT2D eigenvalue weighted by Crippen LogP contribution is 2.05. The second-order valence-corrected chi connectivity index (χ2v) is 2.12. The molecule has 1 unspecified atom stereocenters. The van der Waals surface area contributed by atoms with Crippen molar-refractivity contribution in [2.45, 2.75) is 5.85 Å². The Morgan fingerprint density at radius 2 is 1.67 bits per heavy atom. The summed E-state index contributed by atoms with van der Waals surface area (Å²) in [5.41, 5.74) is 8.95. The molecule has 0 bridgehead atoms. The largest absolute Gasteiger partial charge is 0.476 e. The first-order valence-corrected chi connectivity index (χ1v) is 3.03. The maximum Gasteiger partial charge on any atom is 0.383 e. The highest BCUT2D eigenvalue weighted by molar-refractivity contribution is 5.87. The highest BCUT2D eigenvalue weighted by Gasteiger charge is 2.46. The van der Waals surface area contributed by atoms with Crippen molar-refractivity contribution in [1.82, 2.24) is 16.5 Å². The standard InChI is InChI=1S/C4H8N4O6.H3N/c5-2(11)7-4(13,1(9)10)8(14)3(6)12;/h13-14H,(H2,6,12)(H,9,10)(H3,5,7,11);1H3. The van der Waals surface area contributed by atoms with Crippen molar-refractivity contribution >= 4 is 18.0 Å². The van der Waals surface area contributed by atoms with Gasteiger partial charge in [-0.1, -0.05) is 0 Å². The minimum absolute atomic E-state index is 0. The van der Waals surface area contributed by atoms with Gasteiger partial charge in [-0.05, 0) is 0 Å². The zero-order valence-corrected chi connectivity index (χ0v) is 7.38. The first-order valence-electron chi connectivity index (χ1n) is 3.03. The van der Waals surface area contributed by atoms with Gasteiger partial charge in [-0.2, -0.15) is 0 Å². The van der Waals surface area contributed by atoms with Crippen LogP contribution in [0, 0.1) is 0 Å². The number of carbonyl (C=O) groups is 3. The van der Waals surface area contributed by atoms with Crippen molar-refractivity contribution in [1.29, 1.82) is 0 Å². The van der Waals surface area contributed by atoms with Crippen LogP contribution in [0.1, 0.15) is 0 Å². The van der Waals surface area contributed by atoms with Gasteiger partial charge in [0.25, 0.3) is 0 Å². The number of nitrogens with two attached hydrogens (primary N) is 2. The molecule has 4 amide bonds. The number of aliphatic hydroxyl groups is 1. The minimum atomic E-state index is -3.39. The summed E-state index contributed by atoms with van der Waals surface area (Å²) in [6, 6.07) is -3.17. The van der Waals surface area contributed by atoms with Crippen molar-refractivity contribution < 1.29 is 29.8 Å². The molecule has 11 nitrogen and oxygen atoms in total. The van der Waals surface area contributed by atoms with Crippen molar-refractivity contribution in [3.8, 4) is 0 Å². The summed E-state index contributed by atoms with van der Waals surface area (Å²) in [4.78, 5) is 30.9. The molecule has 0 aliphatic rings. The number of nitrogens with one attached hydrogen (secondary N) is 1. The number of carboxylic acid groups (broad SMARTS) is 1. The topological polar surface area (TPSA) is 214 Å². The van der Waals surface area contributed by atoms with E-state index in [1.807, 2.05) is 0 Å². The number of primary amides is 2. The van der Waals surface area contributed by atoms with Crippen molar-refractivity contribution in [3.63, 3.8) is 0 Å². The second-order valence-electron chi connectivity index (χ2n) is 2.12. The van der Waals surface area contributed by atoms with Crippen molar-refractivity contribution in [3.05, 3.63) is 0 Å². The van der Waals surface area contributed by atoms with E-state index < -0.39 is 28.9 Å². The summed E-state index contributed by atoms with van der Waals surface area (Å²) in [7, 11) is 0. The Kier molecular flexibility index (Phi) is 5.06. The van der Waals surface area contributed by atoms with E-state index in [2.05, 4.69) is 11.5 Å². The Bertz CT molecular complexity index is 281. The molecule has 0 heterocycles. The number of amides is 4. The lowest BCUT2D eigenvalue weighted by atomic mass is 10.4. The summed E-state index contributed by atoms with van der Waals surface area (Å²) in [5.74, 6) is -5.53. The third-order valence-corrected chi connectivity index (χ3v) is 1.11. The van der Waals surface area contributed by atoms with Crippen LogP contribution in [0.15, 0.2) is 0 Å². The molecule has 88 valence electrons. The van der Waals surface area contributed by atoms with Gasteiger partial charge in [0, 0.05) is 0 Å². The maximum absolute atomic E-state index is 10.4. The molecule has 0 aromatic heterocycles. The molecule has 0 aromatic carbocycles. The first kappa shape index (κ1) is 15.4. The summed E-state index contributed by atoms with van der Waals surface area (Å²) in [6.45, 7) is 0. The average molecular weight is 225 g/mol. The fourth-order valence-electron chi connectivity index (χ4n) is 0.528. The van der Waals surface area contributed by atoms with Crippen LogP contribution in [-0.4, -0.2) is 44.4 Å². The summed E-state index contributed by atoms with van der Waals surface area (Å²) >= 11 is 0. The SMILES string of the molecule is N.NC(=O)NC(O)(C(=O)O)N(O)C(N)=O. The number of carbonyl (C=O) groups excluding carboxylic acids is 2. The van der Waals surface area contributed by atoms with Gasteiger partial charge in [-0.3, -0.25) is 10.5 Å². The molecule has 0 aromatic rings. The lowest BCUT2D eigenvalue weighted by Gasteiger charge is -2.28. The molecule has 0 aliphatic carbocycles. The lowest BCUT2D eigenvalue weighted by Crippen LogP contribution is -2.67. The van der Waals surface area contributed by atoms with E-state index in [9.17, 15) is 14.4 Å². The third kappa shape index (κ3) is 3.26. The number of hydrogen-bond acceptors (Lipinski definition) is 6. The Labute approximate surface area is 82.8 Å². The van der Waals surface area contributed by atoms with Crippen LogP contribution in [0.25, 0.3) is 0 Å². The van der Waals surface area contributed by atoms with Crippen molar-refractivity contribution in [2.75, 3.05) is 0 Å².